The predicted molar refractivity (Wildman–Crippen MR) is 113 cm³/mol. The van der Waals surface area contributed by atoms with E-state index in [1.165, 1.54) is 19.9 Å². The van der Waals surface area contributed by atoms with Gasteiger partial charge in [-0.05, 0) is 41.9 Å². The van der Waals surface area contributed by atoms with Crippen molar-refractivity contribution in [2.24, 2.45) is 5.10 Å². The van der Waals surface area contributed by atoms with E-state index in [1.54, 1.807) is 6.07 Å². The van der Waals surface area contributed by atoms with Crippen LogP contribution in [0.2, 0.25) is 0 Å². The smallest absolute Gasteiger partial charge is 0.356 e. The van der Waals surface area contributed by atoms with Crippen molar-refractivity contribution in [2.75, 3.05) is 0 Å². The molecule has 1 aromatic carbocycles. The summed E-state index contributed by atoms with van der Waals surface area (Å²) in [6.07, 6.45) is 1.09. The van der Waals surface area contributed by atoms with Gasteiger partial charge in [0.05, 0.1) is 26.3 Å². The zero-order chi connectivity index (χ0) is 21.0. The van der Waals surface area contributed by atoms with E-state index in [0.717, 1.165) is 18.2 Å². The second-order valence-corrected chi connectivity index (χ2v) is 12.1. The Morgan fingerprint density at radius 1 is 1.36 bits per heavy atom. The highest BCUT2D eigenvalue weighted by atomic mass is 79.9. The summed E-state index contributed by atoms with van der Waals surface area (Å²) in [5.74, 6) is -0.651. The van der Waals surface area contributed by atoms with E-state index in [-0.39, 0.29) is 16.5 Å². The summed E-state index contributed by atoms with van der Waals surface area (Å²) >= 11 is 4.32. The van der Waals surface area contributed by atoms with E-state index in [0.29, 0.717) is 8.95 Å². The molecule has 2 heterocycles. The number of benzene rings is 1. The summed E-state index contributed by atoms with van der Waals surface area (Å²) in [5.41, 5.74) is -0.388. The van der Waals surface area contributed by atoms with E-state index >= 15 is 0 Å². The number of halogens is 2. The molecular formula is C16H14Br2N2O6S2. The zero-order valence-electron chi connectivity index (χ0n) is 14.8. The Balaban J connectivity index is 2.22. The van der Waals surface area contributed by atoms with Crippen LogP contribution in [0.15, 0.2) is 41.7 Å². The Morgan fingerprint density at radius 2 is 2.00 bits per heavy atom. The number of carbonyl (C=O) groups is 1. The molecule has 1 aliphatic heterocycles. The quantitative estimate of drug-likeness (QED) is 0.527. The van der Waals surface area contributed by atoms with Gasteiger partial charge in [0.25, 0.3) is 5.37 Å². The van der Waals surface area contributed by atoms with Crippen molar-refractivity contribution in [1.29, 1.82) is 0 Å². The molecule has 0 saturated carbocycles. The molecule has 28 heavy (non-hydrogen) atoms. The molecule has 1 aromatic heterocycles. The maximum Gasteiger partial charge on any atom is 0.356 e. The van der Waals surface area contributed by atoms with Gasteiger partial charge in [0, 0.05) is 11.4 Å². The third-order valence-electron chi connectivity index (χ3n) is 4.06. The molecule has 0 aliphatic carbocycles. The number of carbonyl (C=O) groups excluding carboxylic acids is 1. The topological polar surface area (TPSA) is 120 Å². The van der Waals surface area contributed by atoms with E-state index in [9.17, 15) is 22.6 Å². The van der Waals surface area contributed by atoms with Gasteiger partial charge >= 0.3 is 4.38 Å². The van der Waals surface area contributed by atoms with Crippen LogP contribution in [0.5, 0.6) is 0 Å². The lowest BCUT2D eigenvalue weighted by molar-refractivity contribution is -0.129. The fourth-order valence-corrected chi connectivity index (χ4v) is 7.39. The van der Waals surface area contributed by atoms with Crippen molar-refractivity contribution in [3.8, 4) is 0 Å². The molecule has 3 rings (SSSR count). The van der Waals surface area contributed by atoms with Gasteiger partial charge in [0.2, 0.25) is 21.2 Å². The molecule has 150 valence electrons. The Hall–Kier alpha value is -1.21. The number of sulfone groups is 1. The van der Waals surface area contributed by atoms with Gasteiger partial charge in [-0.2, -0.15) is 5.01 Å². The van der Waals surface area contributed by atoms with Crippen LogP contribution in [0.1, 0.15) is 31.7 Å². The van der Waals surface area contributed by atoms with E-state index in [1.807, 2.05) is 0 Å². The monoisotopic (exact) mass is 552 g/mol. The Bertz CT molecular complexity index is 1180. The SMILES string of the molecule is CC(=O)N1N=C(S(=O)(=O)C(C)C)[S+]([O-])C1c1coc2c(Br)cc(Br)cc2c1=O. The molecule has 2 aromatic rings. The average molecular weight is 554 g/mol. The summed E-state index contributed by atoms with van der Waals surface area (Å²) in [4.78, 5) is 25.1. The standard InChI is InChI=1S/C16H14Br2N2O6S2/c1-7(2)28(24,25)16-19-20(8(3)21)15(27(16)23)11-6-26-14-10(13(11)22)4-9(17)5-12(14)18/h4-7,15H,1-3H3. The minimum atomic E-state index is -3.99. The molecule has 0 saturated heterocycles. The Morgan fingerprint density at radius 3 is 2.57 bits per heavy atom. The number of hydrazone groups is 1. The summed E-state index contributed by atoms with van der Waals surface area (Å²) in [6.45, 7) is 3.98. The summed E-state index contributed by atoms with van der Waals surface area (Å²) in [7, 11) is -3.99. The zero-order valence-corrected chi connectivity index (χ0v) is 19.6. The molecule has 12 heteroatoms. The largest absolute Gasteiger partial charge is 0.608 e. The molecule has 2 unspecified atom stereocenters. The van der Waals surface area contributed by atoms with E-state index < -0.39 is 47.3 Å². The van der Waals surface area contributed by atoms with Crippen molar-refractivity contribution in [3.05, 3.63) is 43.1 Å². The third kappa shape index (κ3) is 3.45. The molecule has 0 N–H and O–H groups in total. The van der Waals surface area contributed by atoms with Gasteiger partial charge in [-0.1, -0.05) is 15.9 Å². The van der Waals surface area contributed by atoms with Crippen molar-refractivity contribution < 1.29 is 22.2 Å². The molecular weight excluding hydrogens is 540 g/mol. The number of amides is 1. The summed E-state index contributed by atoms with van der Waals surface area (Å²) in [5, 5.41) is 2.45. The molecule has 2 atom stereocenters. The molecule has 0 bridgehead atoms. The fraction of sp³-hybridized carbons (Fsp3) is 0.312. The first kappa shape index (κ1) is 21.5. The highest BCUT2D eigenvalue weighted by Gasteiger charge is 2.51. The van der Waals surface area contributed by atoms with Gasteiger partial charge in [0.15, 0.2) is 5.58 Å². The lowest BCUT2D eigenvalue weighted by atomic mass is 10.1. The van der Waals surface area contributed by atoms with Crippen LogP contribution in [-0.2, 0) is 25.8 Å². The van der Waals surface area contributed by atoms with Crippen LogP contribution < -0.4 is 5.43 Å². The van der Waals surface area contributed by atoms with Gasteiger partial charge in [-0.3, -0.25) is 9.59 Å². The Labute approximate surface area is 180 Å². The first-order chi connectivity index (χ1) is 13.0. The first-order valence-electron chi connectivity index (χ1n) is 7.90. The van der Waals surface area contributed by atoms with Crippen molar-refractivity contribution >= 4 is 74.1 Å². The minimum Gasteiger partial charge on any atom is -0.608 e. The maximum atomic E-state index is 13.0. The number of hydrogen-bond donors (Lipinski definition) is 0. The third-order valence-corrected chi connectivity index (χ3v) is 9.39. The van der Waals surface area contributed by atoms with Crippen LogP contribution in [0.25, 0.3) is 11.0 Å². The fourth-order valence-electron chi connectivity index (χ4n) is 2.57. The van der Waals surface area contributed by atoms with Gasteiger partial charge < -0.3 is 8.97 Å². The van der Waals surface area contributed by atoms with Gasteiger partial charge in [-0.25, -0.2) is 8.42 Å². The van der Waals surface area contributed by atoms with Gasteiger partial charge in [0.1, 0.15) is 11.8 Å². The van der Waals surface area contributed by atoms with Gasteiger partial charge in [-0.15, -0.1) is 5.10 Å². The Kier molecular flexibility index (Phi) is 5.80. The van der Waals surface area contributed by atoms with Crippen LogP contribution in [0, 0.1) is 0 Å². The van der Waals surface area contributed by atoms with E-state index in [4.69, 9.17) is 4.42 Å². The van der Waals surface area contributed by atoms with E-state index in [2.05, 4.69) is 37.0 Å². The molecule has 8 nitrogen and oxygen atoms in total. The number of hydrogen-bond acceptors (Lipinski definition) is 7. The lowest BCUT2D eigenvalue weighted by Gasteiger charge is -2.19. The highest BCUT2D eigenvalue weighted by Crippen LogP contribution is 2.36. The van der Waals surface area contributed by atoms with Crippen molar-refractivity contribution in [2.45, 2.75) is 31.4 Å². The minimum absolute atomic E-state index is 0.122. The second kappa shape index (κ2) is 7.56. The molecule has 0 radical (unpaired) electrons. The number of nitrogens with zero attached hydrogens (tertiary/aromatic N) is 2. The molecule has 1 aliphatic rings. The predicted octanol–water partition coefficient (Wildman–Crippen LogP) is 3.02. The van der Waals surface area contributed by atoms with Crippen LogP contribution in [-0.4, -0.2) is 33.5 Å². The molecule has 0 spiro atoms. The second-order valence-electron chi connectivity index (χ2n) is 6.26. The first-order valence-corrected chi connectivity index (χ1v) is 12.2. The van der Waals surface area contributed by atoms with Crippen molar-refractivity contribution in [3.63, 3.8) is 0 Å². The average Bonchev–Trinajstić information content (AvgIpc) is 2.94. The van der Waals surface area contributed by atoms with Crippen molar-refractivity contribution in [1.82, 2.24) is 5.01 Å². The molecule has 0 fully saturated rings. The summed E-state index contributed by atoms with van der Waals surface area (Å²) < 4.78 is 44.0. The van der Waals surface area contributed by atoms with Crippen LogP contribution >= 0.6 is 31.9 Å². The lowest BCUT2D eigenvalue weighted by Crippen LogP contribution is -2.34. The number of fused-ring (bicyclic) bond motifs is 1. The summed E-state index contributed by atoms with van der Waals surface area (Å²) in [6, 6.07) is 3.22. The van der Waals surface area contributed by atoms with Crippen LogP contribution in [0.4, 0.5) is 0 Å². The van der Waals surface area contributed by atoms with Crippen LogP contribution in [0.3, 0.4) is 0 Å². The highest BCUT2D eigenvalue weighted by molar-refractivity contribution is 9.11. The normalized spacial score (nSPS) is 20.1. The maximum absolute atomic E-state index is 13.0. The molecule has 1 amide bonds. The number of rotatable bonds is 2.